The van der Waals surface area contributed by atoms with E-state index >= 15 is 0 Å². The van der Waals surface area contributed by atoms with Crippen LogP contribution < -0.4 is 5.69 Å². The maximum atomic E-state index is 11.7. The molecule has 6 heteroatoms. The highest BCUT2D eigenvalue weighted by Crippen LogP contribution is 2.08. The minimum absolute atomic E-state index is 0.0159. The first kappa shape index (κ1) is 11.2. The van der Waals surface area contributed by atoms with Crippen LogP contribution >= 0.6 is 27.3 Å². The summed E-state index contributed by atoms with van der Waals surface area (Å²) in [5.41, 5.74) is 0.198. The maximum Gasteiger partial charge on any atom is 0.347 e. The molecule has 0 aromatic carbocycles. The van der Waals surface area contributed by atoms with Gasteiger partial charge in [0.1, 0.15) is 0 Å². The summed E-state index contributed by atoms with van der Waals surface area (Å²) in [5, 5.41) is 3.59. The van der Waals surface area contributed by atoms with Gasteiger partial charge in [-0.25, -0.2) is 9.78 Å². The molecule has 0 fully saturated rings. The van der Waals surface area contributed by atoms with Crippen LogP contribution in [0.25, 0.3) is 0 Å². The van der Waals surface area contributed by atoms with E-state index < -0.39 is 5.69 Å². The molecule has 0 spiro atoms. The first-order chi connectivity index (χ1) is 7.66. The molecule has 4 nitrogen and oxygen atoms in total. The molecule has 0 atom stereocenters. The fourth-order valence-electron chi connectivity index (χ4n) is 1.21. The number of halogens is 1. The second-order valence-electron chi connectivity index (χ2n) is 3.12. The van der Waals surface area contributed by atoms with Gasteiger partial charge >= 0.3 is 5.69 Å². The van der Waals surface area contributed by atoms with Crippen molar-refractivity contribution in [1.29, 1.82) is 0 Å². The number of carbonyl (C=O) groups is 1. The summed E-state index contributed by atoms with van der Waals surface area (Å²) in [7, 11) is 0. The Morgan fingerprint density at radius 1 is 1.56 bits per heavy atom. The number of hydrogen-bond acceptors (Lipinski definition) is 4. The fourth-order valence-corrected chi connectivity index (χ4v) is 2.22. The topological polar surface area (TPSA) is 52.0 Å². The first-order valence-electron chi connectivity index (χ1n) is 4.44. The molecule has 0 saturated carbocycles. The molecule has 0 aliphatic heterocycles. The van der Waals surface area contributed by atoms with Crippen molar-refractivity contribution < 1.29 is 4.79 Å². The van der Waals surface area contributed by atoms with E-state index in [1.54, 1.807) is 17.6 Å². The molecule has 2 aromatic rings. The van der Waals surface area contributed by atoms with Crippen LogP contribution in [0.3, 0.4) is 0 Å². The molecule has 0 radical (unpaired) electrons. The van der Waals surface area contributed by atoms with Gasteiger partial charge in [0.2, 0.25) is 0 Å². The van der Waals surface area contributed by atoms with Crippen LogP contribution in [0.5, 0.6) is 0 Å². The third-order valence-corrected chi connectivity index (χ3v) is 3.07. The Morgan fingerprint density at radius 3 is 3.06 bits per heavy atom. The maximum absolute atomic E-state index is 11.7. The second-order valence-corrected chi connectivity index (χ2v) is 4.81. The Kier molecular flexibility index (Phi) is 3.31. The molecule has 82 valence electrons. The van der Waals surface area contributed by atoms with Gasteiger partial charge < -0.3 is 0 Å². The fraction of sp³-hybridized carbons (Fsp3) is 0.100. The Labute approximate surface area is 104 Å². The molecule has 0 amide bonds. The number of hydrogen-bond donors (Lipinski definition) is 0. The molecule has 0 bridgehead atoms. The Bertz CT molecular complexity index is 562. The lowest BCUT2D eigenvalue weighted by Gasteiger charge is -2.02. The molecule has 0 N–H and O–H groups in total. The van der Waals surface area contributed by atoms with Gasteiger partial charge in [-0.05, 0) is 27.4 Å². The molecular weight excluding hydrogens is 292 g/mol. The minimum Gasteiger partial charge on any atom is -0.292 e. The van der Waals surface area contributed by atoms with E-state index in [0.29, 0.717) is 10.0 Å². The number of rotatable bonds is 3. The van der Waals surface area contributed by atoms with E-state index in [0.717, 1.165) is 0 Å². The van der Waals surface area contributed by atoms with E-state index in [2.05, 4.69) is 20.9 Å². The lowest BCUT2D eigenvalue weighted by Crippen LogP contribution is -2.25. The third-order valence-electron chi connectivity index (χ3n) is 1.98. The van der Waals surface area contributed by atoms with E-state index in [9.17, 15) is 9.59 Å². The summed E-state index contributed by atoms with van der Waals surface area (Å²) in [4.78, 5) is 26.7. The highest BCUT2D eigenvalue weighted by molar-refractivity contribution is 9.10. The minimum atomic E-state index is -0.424. The van der Waals surface area contributed by atoms with Crippen molar-refractivity contribution in [3.8, 4) is 0 Å². The summed E-state index contributed by atoms with van der Waals surface area (Å²) in [6, 6.07) is 1.74. The average molecular weight is 299 g/mol. The molecule has 16 heavy (non-hydrogen) atoms. The number of thiophene rings is 1. The molecule has 0 aliphatic carbocycles. The predicted molar refractivity (Wildman–Crippen MR) is 64.8 cm³/mol. The molecular formula is C10H7BrN2O2S. The standard InChI is InChI=1S/C10H7BrN2O2S/c11-8-3-12-10(15)13(4-8)5-9(14)7-1-2-16-6-7/h1-4,6H,5H2. The van der Waals surface area contributed by atoms with Gasteiger partial charge in [-0.3, -0.25) is 9.36 Å². The SMILES string of the molecule is O=C(Cn1cc(Br)cnc1=O)c1ccsc1. The van der Waals surface area contributed by atoms with Gasteiger partial charge in [0.25, 0.3) is 0 Å². The number of ketones is 1. The van der Waals surface area contributed by atoms with Crippen molar-refractivity contribution in [3.05, 3.63) is 49.7 Å². The van der Waals surface area contributed by atoms with Crippen molar-refractivity contribution in [1.82, 2.24) is 9.55 Å². The highest BCUT2D eigenvalue weighted by atomic mass is 79.9. The number of Topliss-reactive ketones (excluding diaryl/α,β-unsaturated/α-hetero) is 1. The van der Waals surface area contributed by atoms with Crippen LogP contribution in [0, 0.1) is 0 Å². The Morgan fingerprint density at radius 2 is 2.38 bits per heavy atom. The van der Waals surface area contributed by atoms with Crippen LogP contribution in [0.2, 0.25) is 0 Å². The van der Waals surface area contributed by atoms with Crippen molar-refractivity contribution in [2.75, 3.05) is 0 Å². The van der Waals surface area contributed by atoms with Crippen molar-refractivity contribution in [2.45, 2.75) is 6.54 Å². The van der Waals surface area contributed by atoms with Gasteiger partial charge in [0.05, 0.1) is 11.0 Å². The molecule has 0 unspecified atom stereocenters. The largest absolute Gasteiger partial charge is 0.347 e. The summed E-state index contributed by atoms with van der Waals surface area (Å²) >= 11 is 4.66. The van der Waals surface area contributed by atoms with E-state index in [-0.39, 0.29) is 12.3 Å². The Hall–Kier alpha value is -1.27. The quantitative estimate of drug-likeness (QED) is 0.814. The van der Waals surface area contributed by atoms with Crippen LogP contribution in [0.1, 0.15) is 10.4 Å². The van der Waals surface area contributed by atoms with Crippen LogP contribution in [-0.4, -0.2) is 15.3 Å². The van der Waals surface area contributed by atoms with Crippen LogP contribution in [0.4, 0.5) is 0 Å². The first-order valence-corrected chi connectivity index (χ1v) is 6.18. The van der Waals surface area contributed by atoms with Crippen LogP contribution in [0.15, 0.2) is 38.5 Å². The van der Waals surface area contributed by atoms with Crippen molar-refractivity contribution in [3.63, 3.8) is 0 Å². The van der Waals surface area contributed by atoms with Crippen molar-refractivity contribution >= 4 is 33.0 Å². The second kappa shape index (κ2) is 4.71. The summed E-state index contributed by atoms with van der Waals surface area (Å²) < 4.78 is 1.95. The molecule has 0 saturated heterocycles. The zero-order valence-corrected chi connectivity index (χ0v) is 10.5. The Balaban J connectivity index is 2.25. The summed E-state index contributed by atoms with van der Waals surface area (Å²) in [5.74, 6) is -0.0942. The van der Waals surface area contributed by atoms with Crippen LogP contribution in [-0.2, 0) is 6.54 Å². The van der Waals surface area contributed by atoms with Crippen molar-refractivity contribution in [2.24, 2.45) is 0 Å². The summed E-state index contributed by atoms with van der Waals surface area (Å²) in [6.45, 7) is 0.0159. The molecule has 2 aromatic heterocycles. The smallest absolute Gasteiger partial charge is 0.292 e. The zero-order valence-electron chi connectivity index (χ0n) is 8.09. The number of nitrogens with zero attached hydrogens (tertiary/aromatic N) is 2. The predicted octanol–water partition coefficient (Wildman–Crippen LogP) is 1.95. The lowest BCUT2D eigenvalue weighted by atomic mass is 10.2. The zero-order chi connectivity index (χ0) is 11.5. The van der Waals surface area contributed by atoms with E-state index in [1.165, 1.54) is 22.1 Å². The number of aromatic nitrogens is 2. The molecule has 2 rings (SSSR count). The summed E-state index contributed by atoms with van der Waals surface area (Å²) in [6.07, 6.45) is 2.97. The normalized spacial score (nSPS) is 10.3. The monoisotopic (exact) mass is 298 g/mol. The molecule has 2 heterocycles. The van der Waals surface area contributed by atoms with Gasteiger partial charge in [0.15, 0.2) is 5.78 Å². The highest BCUT2D eigenvalue weighted by Gasteiger charge is 2.08. The van der Waals surface area contributed by atoms with Gasteiger partial charge in [-0.1, -0.05) is 0 Å². The van der Waals surface area contributed by atoms with E-state index in [1.807, 2.05) is 5.38 Å². The van der Waals surface area contributed by atoms with Gasteiger partial charge in [-0.15, -0.1) is 0 Å². The number of carbonyl (C=O) groups excluding carboxylic acids is 1. The molecule has 0 aliphatic rings. The van der Waals surface area contributed by atoms with E-state index in [4.69, 9.17) is 0 Å². The van der Waals surface area contributed by atoms with Gasteiger partial charge in [0, 0.05) is 23.3 Å². The van der Waals surface area contributed by atoms with Gasteiger partial charge in [-0.2, -0.15) is 11.3 Å². The average Bonchev–Trinajstić information content (AvgIpc) is 2.76. The lowest BCUT2D eigenvalue weighted by molar-refractivity contribution is 0.0970. The third kappa shape index (κ3) is 2.45.